The Morgan fingerprint density at radius 3 is 3.13 bits per heavy atom. The third kappa shape index (κ3) is 3.89. The molecule has 1 N–H and O–H groups in total. The summed E-state index contributed by atoms with van der Waals surface area (Å²) < 4.78 is 5.03. The van der Waals surface area contributed by atoms with Crippen molar-refractivity contribution in [3.63, 3.8) is 0 Å². The van der Waals surface area contributed by atoms with Gasteiger partial charge in [-0.05, 0) is 12.8 Å². The molecular weight excluding hydrogens is 208 g/mol. The Labute approximate surface area is 94.9 Å². The summed E-state index contributed by atoms with van der Waals surface area (Å²) in [5.74, 6) is 0. The molecule has 0 saturated heterocycles. The van der Waals surface area contributed by atoms with Gasteiger partial charge in [-0.1, -0.05) is 0 Å². The highest BCUT2D eigenvalue weighted by Gasteiger charge is 2.19. The highest BCUT2D eigenvalue weighted by molar-refractivity contribution is 7.09. The second-order valence-corrected chi connectivity index (χ2v) is 4.90. The zero-order valence-corrected chi connectivity index (χ0v) is 9.98. The van der Waals surface area contributed by atoms with E-state index in [9.17, 15) is 0 Å². The summed E-state index contributed by atoms with van der Waals surface area (Å²) in [5.41, 5.74) is 1.22. The third-order valence-corrected chi connectivity index (χ3v) is 3.47. The smallest absolute Gasteiger partial charge is 0.0951 e. The van der Waals surface area contributed by atoms with Gasteiger partial charge < -0.3 is 10.1 Å². The highest BCUT2D eigenvalue weighted by Crippen LogP contribution is 2.18. The molecule has 1 aromatic heterocycles. The molecule has 1 fully saturated rings. The van der Waals surface area contributed by atoms with Crippen LogP contribution in [0, 0.1) is 0 Å². The van der Waals surface area contributed by atoms with E-state index in [0.717, 1.165) is 32.0 Å². The van der Waals surface area contributed by atoms with Crippen molar-refractivity contribution >= 4 is 11.3 Å². The Morgan fingerprint density at radius 2 is 2.40 bits per heavy atom. The van der Waals surface area contributed by atoms with Crippen molar-refractivity contribution in [2.45, 2.75) is 31.7 Å². The van der Waals surface area contributed by atoms with Crippen LogP contribution in [0.4, 0.5) is 0 Å². The van der Waals surface area contributed by atoms with Gasteiger partial charge in [-0.2, -0.15) is 0 Å². The Balaban J connectivity index is 1.68. The summed E-state index contributed by atoms with van der Waals surface area (Å²) in [4.78, 5) is 4.56. The van der Waals surface area contributed by atoms with Gasteiger partial charge in [0.05, 0.1) is 17.3 Å². The fourth-order valence-electron chi connectivity index (χ4n) is 1.46. The number of ether oxygens (including phenoxy) is 1. The average Bonchev–Trinajstić information content (AvgIpc) is 2.95. The number of aromatic nitrogens is 1. The lowest BCUT2D eigenvalue weighted by Gasteiger charge is -1.99. The zero-order valence-electron chi connectivity index (χ0n) is 9.16. The summed E-state index contributed by atoms with van der Waals surface area (Å²) in [7, 11) is 1.73. The van der Waals surface area contributed by atoms with Crippen LogP contribution in [-0.2, 0) is 17.6 Å². The van der Waals surface area contributed by atoms with Gasteiger partial charge in [-0.15, -0.1) is 11.3 Å². The van der Waals surface area contributed by atoms with Crippen LogP contribution in [0.2, 0.25) is 0 Å². The van der Waals surface area contributed by atoms with Crippen molar-refractivity contribution < 1.29 is 4.74 Å². The highest BCUT2D eigenvalue weighted by atomic mass is 32.1. The summed E-state index contributed by atoms with van der Waals surface area (Å²) in [6, 6.07) is 0.802. The minimum Gasteiger partial charge on any atom is -0.384 e. The summed E-state index contributed by atoms with van der Waals surface area (Å²) in [6.45, 7) is 1.84. The molecule has 0 aromatic carbocycles. The van der Waals surface area contributed by atoms with Gasteiger partial charge >= 0.3 is 0 Å². The molecule has 0 aliphatic heterocycles. The second kappa shape index (κ2) is 5.58. The van der Waals surface area contributed by atoms with Crippen LogP contribution in [0.3, 0.4) is 0 Å². The number of rotatable bonds is 7. The van der Waals surface area contributed by atoms with Crippen molar-refractivity contribution in [2.24, 2.45) is 0 Å². The van der Waals surface area contributed by atoms with E-state index in [1.165, 1.54) is 23.5 Å². The van der Waals surface area contributed by atoms with Gasteiger partial charge in [0.1, 0.15) is 0 Å². The lowest BCUT2D eigenvalue weighted by Crippen LogP contribution is -2.19. The van der Waals surface area contributed by atoms with E-state index in [0.29, 0.717) is 0 Å². The predicted molar refractivity (Wildman–Crippen MR) is 62.4 cm³/mol. The Hall–Kier alpha value is -0.450. The zero-order chi connectivity index (χ0) is 10.5. The number of hydrogen-bond acceptors (Lipinski definition) is 4. The maximum atomic E-state index is 5.03. The molecule has 1 heterocycles. The number of methoxy groups -OCH3 is 1. The van der Waals surface area contributed by atoms with Crippen molar-refractivity contribution in [3.05, 3.63) is 16.1 Å². The molecule has 0 amide bonds. The van der Waals surface area contributed by atoms with Gasteiger partial charge in [0, 0.05) is 37.9 Å². The standard InChI is InChI=1S/C11H18N2OS/c1-14-7-5-11-13-10(8-15-11)4-6-12-9-2-3-9/h8-9,12H,2-7H2,1H3. The quantitative estimate of drug-likeness (QED) is 0.767. The van der Waals surface area contributed by atoms with Crippen LogP contribution in [0.1, 0.15) is 23.5 Å². The van der Waals surface area contributed by atoms with Crippen molar-refractivity contribution in [2.75, 3.05) is 20.3 Å². The van der Waals surface area contributed by atoms with E-state index in [1.807, 2.05) is 0 Å². The second-order valence-electron chi connectivity index (χ2n) is 3.95. The molecule has 4 heteroatoms. The van der Waals surface area contributed by atoms with E-state index in [4.69, 9.17) is 4.74 Å². The topological polar surface area (TPSA) is 34.1 Å². The van der Waals surface area contributed by atoms with E-state index in [2.05, 4.69) is 15.7 Å². The van der Waals surface area contributed by atoms with Crippen LogP contribution < -0.4 is 5.32 Å². The first-order valence-electron chi connectivity index (χ1n) is 5.54. The van der Waals surface area contributed by atoms with Crippen LogP contribution >= 0.6 is 11.3 Å². The first-order chi connectivity index (χ1) is 7.38. The first kappa shape index (κ1) is 11.0. The molecule has 0 unspecified atom stereocenters. The molecule has 3 nitrogen and oxygen atoms in total. The molecule has 15 heavy (non-hydrogen) atoms. The largest absolute Gasteiger partial charge is 0.384 e. The van der Waals surface area contributed by atoms with Crippen molar-refractivity contribution in [1.82, 2.24) is 10.3 Å². The summed E-state index contributed by atoms with van der Waals surface area (Å²) in [5, 5.41) is 6.86. The normalized spacial score (nSPS) is 15.8. The summed E-state index contributed by atoms with van der Waals surface area (Å²) >= 11 is 1.75. The van der Waals surface area contributed by atoms with E-state index >= 15 is 0 Å². The minimum absolute atomic E-state index is 0.771. The number of nitrogens with one attached hydrogen (secondary N) is 1. The van der Waals surface area contributed by atoms with Gasteiger partial charge in [-0.25, -0.2) is 4.98 Å². The molecule has 2 rings (SSSR count). The first-order valence-corrected chi connectivity index (χ1v) is 6.42. The summed E-state index contributed by atoms with van der Waals surface area (Å²) in [6.07, 6.45) is 4.71. The Morgan fingerprint density at radius 1 is 1.53 bits per heavy atom. The number of thiazole rings is 1. The molecule has 1 aromatic rings. The van der Waals surface area contributed by atoms with Crippen molar-refractivity contribution in [3.8, 4) is 0 Å². The monoisotopic (exact) mass is 226 g/mol. The third-order valence-electron chi connectivity index (χ3n) is 2.51. The lowest BCUT2D eigenvalue weighted by atomic mass is 10.3. The van der Waals surface area contributed by atoms with Crippen LogP contribution in [0.15, 0.2) is 5.38 Å². The lowest BCUT2D eigenvalue weighted by molar-refractivity contribution is 0.202. The van der Waals surface area contributed by atoms with Crippen molar-refractivity contribution in [1.29, 1.82) is 0 Å². The van der Waals surface area contributed by atoms with E-state index in [1.54, 1.807) is 18.4 Å². The van der Waals surface area contributed by atoms with Crippen LogP contribution in [0.25, 0.3) is 0 Å². The maximum Gasteiger partial charge on any atom is 0.0951 e. The molecule has 1 saturated carbocycles. The minimum atomic E-state index is 0.771. The number of nitrogens with zero attached hydrogens (tertiary/aromatic N) is 1. The molecule has 0 atom stereocenters. The predicted octanol–water partition coefficient (Wildman–Crippen LogP) is 1.63. The molecule has 0 radical (unpaired) electrons. The molecular formula is C11H18N2OS. The van der Waals surface area contributed by atoms with Crippen LogP contribution in [-0.4, -0.2) is 31.3 Å². The van der Waals surface area contributed by atoms with Gasteiger partial charge in [-0.3, -0.25) is 0 Å². The van der Waals surface area contributed by atoms with Gasteiger partial charge in [0.15, 0.2) is 0 Å². The SMILES string of the molecule is COCCc1nc(CCNC2CC2)cs1. The van der Waals surface area contributed by atoms with E-state index in [-0.39, 0.29) is 0 Å². The fourth-order valence-corrected chi connectivity index (χ4v) is 2.27. The number of hydrogen-bond donors (Lipinski definition) is 1. The Kier molecular flexibility index (Phi) is 4.11. The maximum absolute atomic E-state index is 5.03. The average molecular weight is 226 g/mol. The Bertz CT molecular complexity index is 297. The van der Waals surface area contributed by atoms with Crippen LogP contribution in [0.5, 0.6) is 0 Å². The molecule has 1 aliphatic rings. The molecule has 1 aliphatic carbocycles. The molecule has 0 spiro atoms. The molecule has 84 valence electrons. The fraction of sp³-hybridized carbons (Fsp3) is 0.727. The van der Waals surface area contributed by atoms with Gasteiger partial charge in [0.2, 0.25) is 0 Å². The van der Waals surface area contributed by atoms with Gasteiger partial charge in [0.25, 0.3) is 0 Å². The van der Waals surface area contributed by atoms with E-state index < -0.39 is 0 Å². The molecule has 0 bridgehead atoms.